The van der Waals surface area contributed by atoms with Gasteiger partial charge in [-0.1, -0.05) is 84.0 Å². The van der Waals surface area contributed by atoms with Crippen LogP contribution in [0.1, 0.15) is 110 Å². The van der Waals surface area contributed by atoms with Crippen molar-refractivity contribution in [2.45, 2.75) is 116 Å². The topological polar surface area (TPSA) is 55.8 Å². The molecular formula is C23H45FO4. The van der Waals surface area contributed by atoms with E-state index in [4.69, 9.17) is 9.47 Å². The SMILES string of the molecule is CCCCCCCCCCCCCCCC(=O)OC(CO)COCCCCF. The van der Waals surface area contributed by atoms with Crippen molar-refractivity contribution < 1.29 is 23.8 Å². The van der Waals surface area contributed by atoms with Gasteiger partial charge in [0, 0.05) is 13.0 Å². The third-order valence-corrected chi connectivity index (χ3v) is 4.96. The molecule has 1 atom stereocenters. The number of hydrogen-bond donors (Lipinski definition) is 1. The van der Waals surface area contributed by atoms with Gasteiger partial charge in [-0.2, -0.15) is 0 Å². The van der Waals surface area contributed by atoms with Crippen molar-refractivity contribution in [2.75, 3.05) is 26.5 Å². The largest absolute Gasteiger partial charge is 0.457 e. The Balaban J connectivity index is 3.39. The number of carbonyl (C=O) groups is 1. The molecule has 0 aromatic carbocycles. The summed E-state index contributed by atoms with van der Waals surface area (Å²) in [5.41, 5.74) is 0. The van der Waals surface area contributed by atoms with Crippen LogP contribution in [0.4, 0.5) is 4.39 Å². The Hall–Kier alpha value is -0.680. The molecule has 0 radical (unpaired) electrons. The molecule has 1 N–H and O–H groups in total. The van der Waals surface area contributed by atoms with Crippen molar-refractivity contribution in [3.63, 3.8) is 0 Å². The first-order valence-electron chi connectivity index (χ1n) is 11.7. The summed E-state index contributed by atoms with van der Waals surface area (Å²) in [4.78, 5) is 11.8. The quantitative estimate of drug-likeness (QED) is 0.174. The molecule has 0 rings (SSSR count). The van der Waals surface area contributed by atoms with Crippen LogP contribution in [0.3, 0.4) is 0 Å². The molecule has 0 aromatic rings. The second-order valence-electron chi connectivity index (χ2n) is 7.76. The van der Waals surface area contributed by atoms with Gasteiger partial charge in [-0.3, -0.25) is 9.18 Å². The molecule has 0 bridgehead atoms. The Morgan fingerprint density at radius 2 is 1.36 bits per heavy atom. The highest BCUT2D eigenvalue weighted by Crippen LogP contribution is 2.13. The highest BCUT2D eigenvalue weighted by atomic mass is 19.1. The second-order valence-corrected chi connectivity index (χ2v) is 7.76. The van der Waals surface area contributed by atoms with Gasteiger partial charge in [-0.25, -0.2) is 0 Å². The van der Waals surface area contributed by atoms with Gasteiger partial charge in [0.25, 0.3) is 0 Å². The Morgan fingerprint density at radius 3 is 1.86 bits per heavy atom. The zero-order chi connectivity index (χ0) is 20.7. The second kappa shape index (κ2) is 22.6. The van der Waals surface area contributed by atoms with Crippen molar-refractivity contribution in [3.05, 3.63) is 0 Å². The number of aliphatic hydroxyl groups excluding tert-OH is 1. The number of ether oxygens (including phenoxy) is 2. The normalized spacial score (nSPS) is 12.2. The zero-order valence-electron chi connectivity index (χ0n) is 18.3. The van der Waals surface area contributed by atoms with Gasteiger partial charge in [-0.05, 0) is 19.3 Å². The average Bonchev–Trinajstić information content (AvgIpc) is 2.70. The van der Waals surface area contributed by atoms with E-state index in [0.717, 1.165) is 12.8 Å². The van der Waals surface area contributed by atoms with E-state index in [9.17, 15) is 14.3 Å². The first-order chi connectivity index (χ1) is 13.7. The standard InChI is InChI=1S/C23H45FO4/c1-2-3-4-5-6-7-8-9-10-11-12-13-14-17-23(26)28-22(20-25)21-27-19-16-15-18-24/h22,25H,2-21H2,1H3. The van der Waals surface area contributed by atoms with Gasteiger partial charge in [0.1, 0.15) is 6.10 Å². The zero-order valence-corrected chi connectivity index (χ0v) is 18.3. The summed E-state index contributed by atoms with van der Waals surface area (Å²) in [6.07, 6.45) is 17.4. The third-order valence-electron chi connectivity index (χ3n) is 4.96. The number of halogens is 1. The molecule has 0 aliphatic rings. The molecule has 0 aliphatic heterocycles. The molecule has 168 valence electrons. The summed E-state index contributed by atoms with van der Waals surface area (Å²) in [7, 11) is 0. The van der Waals surface area contributed by atoms with Crippen LogP contribution in [0.25, 0.3) is 0 Å². The van der Waals surface area contributed by atoms with E-state index in [1.54, 1.807) is 0 Å². The minimum Gasteiger partial charge on any atom is -0.457 e. The van der Waals surface area contributed by atoms with E-state index in [0.29, 0.717) is 25.9 Å². The third kappa shape index (κ3) is 20.1. The molecule has 0 heterocycles. The fourth-order valence-electron chi connectivity index (χ4n) is 3.17. The molecule has 0 aromatic heterocycles. The van der Waals surface area contributed by atoms with Crippen LogP contribution in [-0.2, 0) is 14.3 Å². The number of rotatable bonds is 22. The lowest BCUT2D eigenvalue weighted by Crippen LogP contribution is -2.27. The van der Waals surface area contributed by atoms with Crippen molar-refractivity contribution in [3.8, 4) is 0 Å². The van der Waals surface area contributed by atoms with E-state index in [2.05, 4.69) is 6.92 Å². The van der Waals surface area contributed by atoms with E-state index in [1.807, 2.05) is 0 Å². The fraction of sp³-hybridized carbons (Fsp3) is 0.957. The summed E-state index contributed by atoms with van der Waals surface area (Å²) in [6, 6.07) is 0. The first-order valence-corrected chi connectivity index (χ1v) is 11.7. The molecule has 0 aliphatic carbocycles. The van der Waals surface area contributed by atoms with Gasteiger partial charge in [0.15, 0.2) is 0 Å². The van der Waals surface area contributed by atoms with Crippen molar-refractivity contribution >= 4 is 5.97 Å². The van der Waals surface area contributed by atoms with E-state index < -0.39 is 6.10 Å². The number of unbranched alkanes of at least 4 members (excludes halogenated alkanes) is 13. The highest BCUT2D eigenvalue weighted by molar-refractivity contribution is 5.69. The predicted molar refractivity (Wildman–Crippen MR) is 113 cm³/mol. The fourth-order valence-corrected chi connectivity index (χ4v) is 3.17. The maximum absolute atomic E-state index is 12.0. The van der Waals surface area contributed by atoms with Crippen LogP contribution in [0.15, 0.2) is 0 Å². The number of hydrogen-bond acceptors (Lipinski definition) is 4. The maximum atomic E-state index is 12.0. The molecule has 4 nitrogen and oxygen atoms in total. The Bertz CT molecular complexity index is 326. The van der Waals surface area contributed by atoms with Gasteiger partial charge < -0.3 is 14.6 Å². The summed E-state index contributed by atoms with van der Waals surface area (Å²) >= 11 is 0. The van der Waals surface area contributed by atoms with Crippen LogP contribution in [0, 0.1) is 0 Å². The minimum atomic E-state index is -0.611. The molecular weight excluding hydrogens is 359 g/mol. The average molecular weight is 405 g/mol. The molecule has 0 saturated heterocycles. The lowest BCUT2D eigenvalue weighted by atomic mass is 10.0. The molecule has 1 unspecified atom stereocenters. The Morgan fingerprint density at radius 1 is 0.821 bits per heavy atom. The monoisotopic (exact) mass is 404 g/mol. The van der Waals surface area contributed by atoms with E-state index in [1.165, 1.54) is 70.6 Å². The number of aliphatic hydroxyl groups is 1. The van der Waals surface area contributed by atoms with Crippen molar-refractivity contribution in [1.82, 2.24) is 0 Å². The van der Waals surface area contributed by atoms with Gasteiger partial charge >= 0.3 is 5.97 Å². The van der Waals surface area contributed by atoms with Crippen LogP contribution in [0.2, 0.25) is 0 Å². The molecule has 28 heavy (non-hydrogen) atoms. The van der Waals surface area contributed by atoms with Gasteiger partial charge in [0.2, 0.25) is 0 Å². The summed E-state index contributed by atoms with van der Waals surface area (Å²) in [5, 5.41) is 9.24. The van der Waals surface area contributed by atoms with Crippen LogP contribution < -0.4 is 0 Å². The van der Waals surface area contributed by atoms with Crippen LogP contribution >= 0.6 is 0 Å². The molecule has 0 spiro atoms. The van der Waals surface area contributed by atoms with E-state index >= 15 is 0 Å². The summed E-state index contributed by atoms with van der Waals surface area (Å²) in [6.45, 7) is 2.27. The number of esters is 1. The molecule has 0 amide bonds. The van der Waals surface area contributed by atoms with Crippen LogP contribution in [0.5, 0.6) is 0 Å². The van der Waals surface area contributed by atoms with Gasteiger partial charge in [-0.15, -0.1) is 0 Å². The first kappa shape index (κ1) is 27.3. The smallest absolute Gasteiger partial charge is 0.306 e. The molecule has 0 fully saturated rings. The summed E-state index contributed by atoms with van der Waals surface area (Å²) in [5.74, 6) is -0.269. The van der Waals surface area contributed by atoms with Crippen LogP contribution in [-0.4, -0.2) is 43.7 Å². The van der Waals surface area contributed by atoms with E-state index in [-0.39, 0.29) is 25.9 Å². The highest BCUT2D eigenvalue weighted by Gasteiger charge is 2.13. The Labute approximate surface area is 172 Å². The maximum Gasteiger partial charge on any atom is 0.306 e. The van der Waals surface area contributed by atoms with Crippen molar-refractivity contribution in [1.29, 1.82) is 0 Å². The minimum absolute atomic E-state index is 0.174. The lowest BCUT2D eigenvalue weighted by Gasteiger charge is -2.15. The van der Waals surface area contributed by atoms with Gasteiger partial charge in [0.05, 0.1) is 19.9 Å². The Kier molecular flexibility index (Phi) is 22.1. The number of carbonyl (C=O) groups excluding carboxylic acids is 1. The summed E-state index contributed by atoms with van der Waals surface area (Å²) < 4.78 is 22.5. The van der Waals surface area contributed by atoms with Crippen molar-refractivity contribution in [2.24, 2.45) is 0 Å². The molecule has 0 saturated carbocycles. The molecule has 5 heteroatoms. The predicted octanol–water partition coefficient (Wildman–Crippen LogP) is 6.14. The number of alkyl halides is 1. The lowest BCUT2D eigenvalue weighted by molar-refractivity contribution is -0.154.